The van der Waals surface area contributed by atoms with Crippen molar-refractivity contribution in [1.29, 1.82) is 0 Å². The van der Waals surface area contributed by atoms with Gasteiger partial charge in [0.1, 0.15) is 5.82 Å². The summed E-state index contributed by atoms with van der Waals surface area (Å²) in [6.45, 7) is 5.68. The normalized spacial score (nSPS) is 10.6. The molecule has 3 heteroatoms. The molecule has 0 aliphatic carbocycles. The zero-order valence-corrected chi connectivity index (χ0v) is 12.6. The second-order valence-corrected chi connectivity index (χ2v) is 5.17. The van der Waals surface area contributed by atoms with Crippen molar-refractivity contribution in [2.75, 3.05) is 11.9 Å². The number of pyridine rings is 1. The van der Waals surface area contributed by atoms with E-state index in [0.29, 0.717) is 6.54 Å². The largest absolute Gasteiger partial charge is 0.355 e. The monoisotopic (exact) mass is 269 g/mol. The van der Waals surface area contributed by atoms with Crippen LogP contribution in [0.3, 0.4) is 0 Å². The molecule has 2 aromatic rings. The van der Waals surface area contributed by atoms with E-state index in [-0.39, 0.29) is 0 Å². The van der Waals surface area contributed by atoms with Gasteiger partial charge in [-0.3, -0.25) is 0 Å². The number of rotatable bonds is 5. The number of benzene rings is 1. The van der Waals surface area contributed by atoms with Crippen LogP contribution in [0.2, 0.25) is 0 Å². The average Bonchev–Trinajstić information content (AvgIpc) is 2.48. The fourth-order valence-electron chi connectivity index (χ4n) is 2.25. The minimum atomic E-state index is 0.556. The molecular weight excluding hydrogens is 246 g/mol. The number of nitrogens with zero attached hydrogens (tertiary/aromatic N) is 2. The molecule has 0 aliphatic heterocycles. The van der Waals surface area contributed by atoms with E-state index < -0.39 is 0 Å². The van der Waals surface area contributed by atoms with Crippen LogP contribution in [0.5, 0.6) is 0 Å². The summed E-state index contributed by atoms with van der Waals surface area (Å²) in [5.41, 5.74) is 10.6. The van der Waals surface area contributed by atoms with Gasteiger partial charge in [0.2, 0.25) is 0 Å². The molecule has 20 heavy (non-hydrogen) atoms. The summed E-state index contributed by atoms with van der Waals surface area (Å²) < 4.78 is 0. The number of nitrogens with two attached hydrogens (primary N) is 1. The summed E-state index contributed by atoms with van der Waals surface area (Å²) in [7, 11) is 2.08. The smallest absolute Gasteiger partial charge is 0.129 e. The molecule has 0 unspecified atom stereocenters. The Kier molecular flexibility index (Phi) is 4.74. The van der Waals surface area contributed by atoms with Crippen LogP contribution in [0, 0.1) is 6.92 Å². The summed E-state index contributed by atoms with van der Waals surface area (Å²) in [5.74, 6) is 0.994. The third kappa shape index (κ3) is 3.36. The highest BCUT2D eigenvalue weighted by Crippen LogP contribution is 2.18. The van der Waals surface area contributed by atoms with Gasteiger partial charge in [-0.2, -0.15) is 0 Å². The zero-order valence-electron chi connectivity index (χ0n) is 12.6. The maximum atomic E-state index is 5.77. The molecule has 0 atom stereocenters. The summed E-state index contributed by atoms with van der Waals surface area (Å²) in [6.07, 6.45) is 0.930. The summed E-state index contributed by atoms with van der Waals surface area (Å²) in [6, 6.07) is 12.6. The Labute approximate surface area is 121 Å². The van der Waals surface area contributed by atoms with E-state index in [0.717, 1.165) is 30.0 Å². The second-order valence-electron chi connectivity index (χ2n) is 5.17. The fourth-order valence-corrected chi connectivity index (χ4v) is 2.25. The third-order valence-electron chi connectivity index (χ3n) is 3.58. The molecule has 0 saturated carbocycles. The maximum absolute atomic E-state index is 5.77. The van der Waals surface area contributed by atoms with Crippen molar-refractivity contribution in [3.05, 3.63) is 58.8 Å². The van der Waals surface area contributed by atoms with Gasteiger partial charge in [-0.1, -0.05) is 31.2 Å². The number of hydrogen-bond donors (Lipinski definition) is 1. The molecule has 3 nitrogen and oxygen atoms in total. The van der Waals surface area contributed by atoms with Gasteiger partial charge in [-0.25, -0.2) is 4.98 Å². The topological polar surface area (TPSA) is 42.1 Å². The fraction of sp³-hybridized carbons (Fsp3) is 0.353. The van der Waals surface area contributed by atoms with Gasteiger partial charge >= 0.3 is 0 Å². The first kappa shape index (κ1) is 14.5. The average molecular weight is 269 g/mol. The van der Waals surface area contributed by atoms with Crippen LogP contribution in [0.4, 0.5) is 5.82 Å². The van der Waals surface area contributed by atoms with Crippen molar-refractivity contribution in [2.24, 2.45) is 5.73 Å². The van der Waals surface area contributed by atoms with Crippen molar-refractivity contribution >= 4 is 5.82 Å². The van der Waals surface area contributed by atoms with Crippen molar-refractivity contribution < 1.29 is 0 Å². The molecule has 2 rings (SSSR count). The molecule has 106 valence electrons. The van der Waals surface area contributed by atoms with Gasteiger partial charge < -0.3 is 10.6 Å². The molecular formula is C17H23N3. The molecule has 0 fully saturated rings. The van der Waals surface area contributed by atoms with Crippen molar-refractivity contribution in [3.8, 4) is 0 Å². The standard InChI is InChI=1S/C17H23N3/c1-4-16-9-14(11-18)10-17(19-16)20(3)12-15-8-6-5-7-13(15)2/h5-10H,4,11-12,18H2,1-3H3. The molecule has 0 saturated heterocycles. The van der Waals surface area contributed by atoms with Gasteiger partial charge in [-0.15, -0.1) is 0 Å². The molecule has 0 amide bonds. The highest BCUT2D eigenvalue weighted by molar-refractivity contribution is 5.43. The molecule has 0 aliphatic rings. The maximum Gasteiger partial charge on any atom is 0.129 e. The van der Waals surface area contributed by atoms with Crippen LogP contribution in [0.1, 0.15) is 29.3 Å². The highest BCUT2D eigenvalue weighted by atomic mass is 15.2. The molecule has 0 spiro atoms. The summed E-state index contributed by atoms with van der Waals surface area (Å²) >= 11 is 0. The van der Waals surface area contributed by atoms with Crippen LogP contribution in [0.25, 0.3) is 0 Å². The van der Waals surface area contributed by atoms with Gasteiger partial charge in [0.15, 0.2) is 0 Å². The van der Waals surface area contributed by atoms with Crippen LogP contribution >= 0.6 is 0 Å². The lowest BCUT2D eigenvalue weighted by Gasteiger charge is -2.21. The first-order valence-electron chi connectivity index (χ1n) is 7.09. The number of anilines is 1. The van der Waals surface area contributed by atoms with Crippen LogP contribution < -0.4 is 10.6 Å². The molecule has 0 bridgehead atoms. The molecule has 1 aromatic carbocycles. The lowest BCUT2D eigenvalue weighted by Crippen LogP contribution is -2.19. The highest BCUT2D eigenvalue weighted by Gasteiger charge is 2.08. The Morgan fingerprint density at radius 2 is 1.95 bits per heavy atom. The Morgan fingerprint density at radius 1 is 1.20 bits per heavy atom. The van der Waals surface area contributed by atoms with Gasteiger partial charge in [0.05, 0.1) is 0 Å². The van der Waals surface area contributed by atoms with E-state index in [1.165, 1.54) is 11.1 Å². The Bertz CT molecular complexity index is 556. The Hall–Kier alpha value is -1.87. The lowest BCUT2D eigenvalue weighted by molar-refractivity contribution is 0.869. The van der Waals surface area contributed by atoms with E-state index >= 15 is 0 Å². The zero-order chi connectivity index (χ0) is 14.5. The summed E-state index contributed by atoms with van der Waals surface area (Å²) in [4.78, 5) is 6.88. The Balaban J connectivity index is 2.24. The first-order valence-corrected chi connectivity index (χ1v) is 7.09. The van der Waals surface area contributed by atoms with E-state index in [2.05, 4.69) is 62.2 Å². The van der Waals surface area contributed by atoms with E-state index in [9.17, 15) is 0 Å². The van der Waals surface area contributed by atoms with Crippen molar-refractivity contribution in [2.45, 2.75) is 33.4 Å². The predicted molar refractivity (Wildman–Crippen MR) is 84.8 cm³/mol. The molecule has 1 aromatic heterocycles. The van der Waals surface area contributed by atoms with E-state index in [1.807, 2.05) is 0 Å². The minimum Gasteiger partial charge on any atom is -0.355 e. The molecule has 1 heterocycles. The van der Waals surface area contributed by atoms with Crippen LogP contribution in [0.15, 0.2) is 36.4 Å². The minimum absolute atomic E-state index is 0.556. The third-order valence-corrected chi connectivity index (χ3v) is 3.58. The quantitative estimate of drug-likeness (QED) is 0.907. The predicted octanol–water partition coefficient (Wildman–Crippen LogP) is 3.05. The SMILES string of the molecule is CCc1cc(CN)cc(N(C)Cc2ccccc2C)n1. The lowest BCUT2D eigenvalue weighted by atomic mass is 10.1. The molecule has 0 radical (unpaired) electrons. The van der Waals surface area contributed by atoms with Crippen molar-refractivity contribution in [3.63, 3.8) is 0 Å². The number of aromatic nitrogens is 1. The first-order chi connectivity index (χ1) is 9.63. The van der Waals surface area contributed by atoms with Gasteiger partial charge in [-0.05, 0) is 42.2 Å². The summed E-state index contributed by atoms with van der Waals surface area (Å²) in [5, 5.41) is 0. The second kappa shape index (κ2) is 6.53. The van der Waals surface area contributed by atoms with Crippen molar-refractivity contribution in [1.82, 2.24) is 4.98 Å². The van der Waals surface area contributed by atoms with Crippen LogP contribution in [-0.4, -0.2) is 12.0 Å². The number of aryl methyl sites for hydroxylation is 2. The number of hydrogen-bond acceptors (Lipinski definition) is 3. The Morgan fingerprint density at radius 3 is 2.60 bits per heavy atom. The molecule has 2 N–H and O–H groups in total. The van der Waals surface area contributed by atoms with Gasteiger partial charge in [0.25, 0.3) is 0 Å². The van der Waals surface area contributed by atoms with E-state index in [1.54, 1.807) is 0 Å². The van der Waals surface area contributed by atoms with Crippen LogP contribution in [-0.2, 0) is 19.5 Å². The van der Waals surface area contributed by atoms with E-state index in [4.69, 9.17) is 10.7 Å². The van der Waals surface area contributed by atoms with Gasteiger partial charge in [0, 0.05) is 25.8 Å².